The van der Waals surface area contributed by atoms with Crippen molar-refractivity contribution in [3.05, 3.63) is 0 Å². The maximum Gasteiger partial charge on any atom is 0.225 e. The summed E-state index contributed by atoms with van der Waals surface area (Å²) in [5.41, 5.74) is 0.382. The van der Waals surface area contributed by atoms with Crippen molar-refractivity contribution in [3.63, 3.8) is 0 Å². The van der Waals surface area contributed by atoms with Crippen LogP contribution in [0.15, 0.2) is 0 Å². The van der Waals surface area contributed by atoms with E-state index in [1.54, 1.807) is 0 Å². The number of amides is 1. The number of hydrogen-bond donors (Lipinski definition) is 0. The van der Waals surface area contributed by atoms with E-state index in [0.717, 1.165) is 31.3 Å². The second kappa shape index (κ2) is 6.08. The molecule has 1 aliphatic heterocycles. The Morgan fingerprint density at radius 3 is 2.11 bits per heavy atom. The molecule has 106 valence electrons. The van der Waals surface area contributed by atoms with E-state index in [2.05, 4.69) is 39.5 Å². The van der Waals surface area contributed by atoms with Crippen molar-refractivity contribution in [2.24, 2.45) is 23.2 Å². The van der Waals surface area contributed by atoms with Crippen molar-refractivity contribution in [1.82, 2.24) is 4.90 Å². The van der Waals surface area contributed by atoms with Gasteiger partial charge in [-0.05, 0) is 36.5 Å². The monoisotopic (exact) mass is 253 g/mol. The van der Waals surface area contributed by atoms with E-state index < -0.39 is 0 Å². The summed E-state index contributed by atoms with van der Waals surface area (Å²) in [5, 5.41) is 0. The van der Waals surface area contributed by atoms with Crippen LogP contribution < -0.4 is 0 Å². The molecule has 0 radical (unpaired) electrons. The van der Waals surface area contributed by atoms with Gasteiger partial charge in [0.2, 0.25) is 5.91 Å². The molecule has 2 atom stereocenters. The normalized spacial score (nSPS) is 21.8. The fourth-order valence-corrected chi connectivity index (χ4v) is 2.81. The zero-order valence-corrected chi connectivity index (χ0v) is 13.1. The van der Waals surface area contributed by atoms with Gasteiger partial charge in [-0.2, -0.15) is 0 Å². The van der Waals surface area contributed by atoms with Gasteiger partial charge >= 0.3 is 0 Å². The Bertz CT molecular complexity index is 271. The highest BCUT2D eigenvalue weighted by Crippen LogP contribution is 2.37. The van der Waals surface area contributed by atoms with Crippen molar-refractivity contribution in [2.45, 2.75) is 60.8 Å². The molecule has 1 heterocycles. The second-order valence-corrected chi connectivity index (χ2v) is 7.13. The lowest BCUT2D eigenvalue weighted by Gasteiger charge is -2.40. The van der Waals surface area contributed by atoms with E-state index in [9.17, 15) is 4.79 Å². The summed E-state index contributed by atoms with van der Waals surface area (Å²) < 4.78 is 0. The fourth-order valence-electron chi connectivity index (χ4n) is 2.81. The number of carbonyl (C=O) groups is 1. The summed E-state index contributed by atoms with van der Waals surface area (Å²) in [6.07, 6.45) is 3.32. The molecule has 1 rings (SSSR count). The van der Waals surface area contributed by atoms with Gasteiger partial charge in [-0.15, -0.1) is 0 Å². The van der Waals surface area contributed by atoms with Gasteiger partial charge in [0.05, 0.1) is 0 Å². The lowest BCUT2D eigenvalue weighted by atomic mass is 9.71. The highest BCUT2D eigenvalue weighted by molar-refractivity contribution is 5.78. The molecule has 0 N–H and O–H groups in total. The molecule has 1 aliphatic rings. The van der Waals surface area contributed by atoms with Crippen LogP contribution in [0.3, 0.4) is 0 Å². The van der Waals surface area contributed by atoms with Crippen molar-refractivity contribution in [3.8, 4) is 0 Å². The lowest BCUT2D eigenvalue weighted by molar-refractivity contribution is -0.136. The summed E-state index contributed by atoms with van der Waals surface area (Å²) in [6, 6.07) is 0. The largest absolute Gasteiger partial charge is 0.342 e. The first-order chi connectivity index (χ1) is 8.27. The first kappa shape index (κ1) is 15.5. The Hall–Kier alpha value is -0.530. The van der Waals surface area contributed by atoms with Crippen LogP contribution in [0.5, 0.6) is 0 Å². The van der Waals surface area contributed by atoms with Crippen molar-refractivity contribution < 1.29 is 4.79 Å². The molecular formula is C16H31NO. The average molecular weight is 253 g/mol. The van der Waals surface area contributed by atoms with Crippen LogP contribution in [0, 0.1) is 23.2 Å². The van der Waals surface area contributed by atoms with Gasteiger partial charge in [-0.3, -0.25) is 4.79 Å². The summed E-state index contributed by atoms with van der Waals surface area (Å²) in [6.45, 7) is 15.4. The van der Waals surface area contributed by atoms with Crippen molar-refractivity contribution >= 4 is 5.91 Å². The van der Waals surface area contributed by atoms with E-state index in [1.165, 1.54) is 12.8 Å². The first-order valence-corrected chi connectivity index (χ1v) is 7.56. The van der Waals surface area contributed by atoms with E-state index in [0.29, 0.717) is 11.3 Å². The fraction of sp³-hybridized carbons (Fsp3) is 0.938. The summed E-state index contributed by atoms with van der Waals surface area (Å²) in [7, 11) is 0. The topological polar surface area (TPSA) is 20.3 Å². The van der Waals surface area contributed by atoms with Gasteiger partial charge in [-0.25, -0.2) is 0 Å². The third kappa shape index (κ3) is 3.73. The third-order valence-electron chi connectivity index (χ3n) is 4.96. The molecule has 1 saturated heterocycles. The van der Waals surface area contributed by atoms with Crippen LogP contribution in [0.4, 0.5) is 0 Å². The highest BCUT2D eigenvalue weighted by Gasteiger charge is 2.32. The van der Waals surface area contributed by atoms with E-state index in [4.69, 9.17) is 0 Å². The van der Waals surface area contributed by atoms with Gasteiger partial charge < -0.3 is 4.90 Å². The smallest absolute Gasteiger partial charge is 0.225 e. The van der Waals surface area contributed by atoms with E-state index in [-0.39, 0.29) is 5.92 Å². The molecule has 1 fully saturated rings. The van der Waals surface area contributed by atoms with Crippen LogP contribution in [-0.4, -0.2) is 23.9 Å². The molecule has 1 amide bonds. The molecule has 0 bridgehead atoms. The molecule has 0 spiro atoms. The number of likely N-dealkylation sites (tertiary alicyclic amines) is 1. The second-order valence-electron chi connectivity index (χ2n) is 7.13. The number of hydrogen-bond acceptors (Lipinski definition) is 1. The molecule has 0 saturated carbocycles. The summed E-state index contributed by atoms with van der Waals surface area (Å²) in [4.78, 5) is 14.2. The molecular weight excluding hydrogens is 222 g/mol. The molecule has 0 unspecified atom stereocenters. The molecule has 0 aromatic heterocycles. The minimum absolute atomic E-state index is 0.196. The quantitative estimate of drug-likeness (QED) is 0.745. The third-order valence-corrected chi connectivity index (χ3v) is 4.96. The number of nitrogens with zero attached hydrogens (tertiary/aromatic N) is 1. The lowest BCUT2D eigenvalue weighted by Crippen LogP contribution is -2.43. The molecule has 0 aromatic rings. The van der Waals surface area contributed by atoms with Crippen LogP contribution in [0.2, 0.25) is 0 Å². The van der Waals surface area contributed by atoms with Gasteiger partial charge in [0, 0.05) is 19.0 Å². The first-order valence-electron chi connectivity index (χ1n) is 7.56. The maximum atomic E-state index is 12.1. The molecule has 0 aromatic carbocycles. The zero-order chi connectivity index (χ0) is 13.9. The van der Waals surface area contributed by atoms with Crippen LogP contribution >= 0.6 is 0 Å². The average Bonchev–Trinajstić information content (AvgIpc) is 2.35. The predicted molar refractivity (Wildman–Crippen MR) is 77.4 cm³/mol. The highest BCUT2D eigenvalue weighted by atomic mass is 16.2. The van der Waals surface area contributed by atoms with E-state index >= 15 is 0 Å². The Balaban J connectivity index is 2.49. The SMILES string of the molecule is CC[C@@H](C)C(=O)N1CCC([C@@H](C)C(C)(C)C)CC1. The minimum atomic E-state index is 0.196. The predicted octanol–water partition coefficient (Wildman–Crippen LogP) is 3.95. The van der Waals surface area contributed by atoms with Crippen LogP contribution in [-0.2, 0) is 4.79 Å². The van der Waals surface area contributed by atoms with E-state index in [1.807, 2.05) is 6.92 Å². The van der Waals surface area contributed by atoms with Gasteiger partial charge in [0.25, 0.3) is 0 Å². The van der Waals surface area contributed by atoms with Crippen molar-refractivity contribution in [1.29, 1.82) is 0 Å². The zero-order valence-electron chi connectivity index (χ0n) is 13.1. The van der Waals surface area contributed by atoms with Gasteiger partial charge in [0.15, 0.2) is 0 Å². The number of piperidine rings is 1. The maximum absolute atomic E-state index is 12.1. The molecule has 0 aliphatic carbocycles. The van der Waals surface area contributed by atoms with Gasteiger partial charge in [0.1, 0.15) is 0 Å². The van der Waals surface area contributed by atoms with Crippen molar-refractivity contribution in [2.75, 3.05) is 13.1 Å². The summed E-state index contributed by atoms with van der Waals surface area (Å²) in [5.74, 6) is 2.07. The Kier molecular flexibility index (Phi) is 5.24. The Morgan fingerprint density at radius 1 is 1.22 bits per heavy atom. The number of carbonyl (C=O) groups excluding carboxylic acids is 1. The Morgan fingerprint density at radius 2 is 1.72 bits per heavy atom. The van der Waals surface area contributed by atoms with Gasteiger partial charge in [-0.1, -0.05) is 41.5 Å². The van der Waals surface area contributed by atoms with Crippen LogP contribution in [0.1, 0.15) is 60.8 Å². The van der Waals surface area contributed by atoms with Crippen LogP contribution in [0.25, 0.3) is 0 Å². The molecule has 2 nitrogen and oxygen atoms in total. The number of rotatable bonds is 3. The Labute approximate surface area is 113 Å². The molecule has 18 heavy (non-hydrogen) atoms. The minimum Gasteiger partial charge on any atom is -0.342 e. The standard InChI is InChI=1S/C16H31NO/c1-7-12(2)15(18)17-10-8-14(9-11-17)13(3)16(4,5)6/h12-14H,7-11H2,1-6H3/t12-,13-/m1/s1. The summed E-state index contributed by atoms with van der Waals surface area (Å²) >= 11 is 0. The molecule has 2 heteroatoms.